The highest BCUT2D eigenvalue weighted by atomic mass is 35.5. The van der Waals surface area contributed by atoms with E-state index in [4.69, 9.17) is 15.8 Å². The SMILES string of the molecule is Cl.NC1=NC(CC2CN(c3ccccc3)N=C2c2ccccc2)CCCC1. The lowest BCUT2D eigenvalue weighted by molar-refractivity contribution is 0.500. The molecular formula is C22H27ClN4. The molecular weight excluding hydrogens is 356 g/mol. The highest BCUT2D eigenvalue weighted by molar-refractivity contribution is 6.04. The van der Waals surface area contributed by atoms with Crippen molar-refractivity contribution in [1.29, 1.82) is 0 Å². The van der Waals surface area contributed by atoms with E-state index >= 15 is 0 Å². The average Bonchev–Trinajstić information content (AvgIpc) is 2.99. The fourth-order valence-corrected chi connectivity index (χ4v) is 3.95. The molecule has 142 valence electrons. The molecule has 4 rings (SSSR count). The van der Waals surface area contributed by atoms with E-state index in [1.165, 1.54) is 17.7 Å². The zero-order valence-electron chi connectivity index (χ0n) is 15.5. The van der Waals surface area contributed by atoms with Crippen molar-refractivity contribution in [2.75, 3.05) is 11.6 Å². The van der Waals surface area contributed by atoms with E-state index in [1.807, 2.05) is 6.07 Å². The second-order valence-electron chi connectivity index (χ2n) is 7.22. The fraction of sp³-hybridized carbons (Fsp3) is 0.364. The van der Waals surface area contributed by atoms with Crippen LogP contribution >= 0.6 is 12.4 Å². The van der Waals surface area contributed by atoms with E-state index in [9.17, 15) is 0 Å². The molecule has 2 aromatic carbocycles. The van der Waals surface area contributed by atoms with Gasteiger partial charge in [0, 0.05) is 12.3 Å². The van der Waals surface area contributed by atoms with E-state index in [0.717, 1.165) is 43.8 Å². The van der Waals surface area contributed by atoms with Gasteiger partial charge in [0.15, 0.2) is 0 Å². The predicted molar refractivity (Wildman–Crippen MR) is 116 cm³/mol. The number of benzene rings is 2. The Kier molecular flexibility index (Phi) is 6.51. The van der Waals surface area contributed by atoms with Crippen LogP contribution in [0.25, 0.3) is 0 Å². The van der Waals surface area contributed by atoms with Crippen LogP contribution in [0.3, 0.4) is 0 Å². The highest BCUT2D eigenvalue weighted by Gasteiger charge is 2.31. The van der Waals surface area contributed by atoms with Gasteiger partial charge in [-0.25, -0.2) is 0 Å². The van der Waals surface area contributed by atoms with Gasteiger partial charge in [-0.2, -0.15) is 5.10 Å². The van der Waals surface area contributed by atoms with Crippen LogP contribution in [0.15, 0.2) is 70.8 Å². The molecule has 4 nitrogen and oxygen atoms in total. The number of para-hydroxylation sites is 1. The maximum Gasteiger partial charge on any atom is 0.0940 e. The second kappa shape index (κ2) is 9.05. The Morgan fingerprint density at radius 3 is 2.41 bits per heavy atom. The molecule has 0 bridgehead atoms. The number of anilines is 1. The van der Waals surface area contributed by atoms with Crippen LogP contribution < -0.4 is 10.7 Å². The van der Waals surface area contributed by atoms with Crippen LogP contribution in [-0.4, -0.2) is 24.1 Å². The molecule has 0 aromatic heterocycles. The number of aliphatic imine (C=N–C) groups is 1. The molecule has 5 heteroatoms. The zero-order chi connectivity index (χ0) is 17.8. The first-order valence-electron chi connectivity index (χ1n) is 9.58. The molecule has 27 heavy (non-hydrogen) atoms. The van der Waals surface area contributed by atoms with Gasteiger partial charge in [0.2, 0.25) is 0 Å². The first-order chi connectivity index (χ1) is 12.8. The number of halogens is 1. The molecule has 2 aliphatic heterocycles. The van der Waals surface area contributed by atoms with Crippen LogP contribution in [0.2, 0.25) is 0 Å². The lowest BCUT2D eigenvalue weighted by Crippen LogP contribution is -2.25. The molecule has 2 aromatic rings. The van der Waals surface area contributed by atoms with Crippen LogP contribution in [-0.2, 0) is 0 Å². The normalized spacial score (nSPS) is 22.4. The second-order valence-corrected chi connectivity index (χ2v) is 7.22. The van der Waals surface area contributed by atoms with Crippen molar-refractivity contribution in [3.63, 3.8) is 0 Å². The van der Waals surface area contributed by atoms with Gasteiger partial charge in [-0.1, -0.05) is 55.0 Å². The molecule has 0 fully saturated rings. The number of nitrogens with zero attached hydrogens (tertiary/aromatic N) is 3. The first-order valence-corrected chi connectivity index (χ1v) is 9.58. The predicted octanol–water partition coefficient (Wildman–Crippen LogP) is 4.64. The molecule has 2 heterocycles. The van der Waals surface area contributed by atoms with Crippen molar-refractivity contribution in [3.05, 3.63) is 66.2 Å². The van der Waals surface area contributed by atoms with Gasteiger partial charge in [0.1, 0.15) is 0 Å². The summed E-state index contributed by atoms with van der Waals surface area (Å²) in [5.74, 6) is 1.20. The third-order valence-corrected chi connectivity index (χ3v) is 5.26. The number of hydrogen-bond donors (Lipinski definition) is 1. The van der Waals surface area contributed by atoms with Crippen LogP contribution in [0.5, 0.6) is 0 Å². The molecule has 0 saturated heterocycles. The van der Waals surface area contributed by atoms with E-state index in [-0.39, 0.29) is 12.4 Å². The van der Waals surface area contributed by atoms with Gasteiger partial charge in [-0.05, 0) is 37.0 Å². The van der Waals surface area contributed by atoms with E-state index in [0.29, 0.717) is 12.0 Å². The molecule has 2 atom stereocenters. The van der Waals surface area contributed by atoms with Crippen molar-refractivity contribution in [2.24, 2.45) is 21.7 Å². The fourth-order valence-electron chi connectivity index (χ4n) is 3.95. The van der Waals surface area contributed by atoms with Gasteiger partial charge >= 0.3 is 0 Å². The summed E-state index contributed by atoms with van der Waals surface area (Å²) in [7, 11) is 0. The smallest absolute Gasteiger partial charge is 0.0940 e. The van der Waals surface area contributed by atoms with Gasteiger partial charge < -0.3 is 5.73 Å². The van der Waals surface area contributed by atoms with Crippen molar-refractivity contribution in [1.82, 2.24) is 0 Å². The number of nitrogens with two attached hydrogens (primary N) is 1. The Balaban J connectivity index is 0.00000210. The average molecular weight is 383 g/mol. The molecule has 2 aliphatic rings. The van der Waals surface area contributed by atoms with Crippen molar-refractivity contribution in [2.45, 2.75) is 38.1 Å². The van der Waals surface area contributed by atoms with E-state index in [2.05, 4.69) is 59.6 Å². The van der Waals surface area contributed by atoms with Crippen LogP contribution in [0.4, 0.5) is 5.69 Å². The Morgan fingerprint density at radius 1 is 0.963 bits per heavy atom. The number of hydrogen-bond acceptors (Lipinski definition) is 4. The molecule has 0 saturated carbocycles. The summed E-state index contributed by atoms with van der Waals surface area (Å²) in [6, 6.07) is 21.3. The topological polar surface area (TPSA) is 54.0 Å². The Morgan fingerprint density at radius 2 is 1.67 bits per heavy atom. The number of hydrazone groups is 1. The lowest BCUT2D eigenvalue weighted by atomic mass is 9.90. The molecule has 2 unspecified atom stereocenters. The van der Waals surface area contributed by atoms with Crippen molar-refractivity contribution >= 4 is 29.6 Å². The third-order valence-electron chi connectivity index (χ3n) is 5.26. The monoisotopic (exact) mass is 382 g/mol. The zero-order valence-corrected chi connectivity index (χ0v) is 16.3. The summed E-state index contributed by atoms with van der Waals surface area (Å²) in [6.45, 7) is 0.903. The molecule has 0 aliphatic carbocycles. The summed E-state index contributed by atoms with van der Waals surface area (Å²) in [5, 5.41) is 7.12. The summed E-state index contributed by atoms with van der Waals surface area (Å²) in [6.07, 6.45) is 5.45. The van der Waals surface area contributed by atoms with E-state index in [1.54, 1.807) is 0 Å². The number of rotatable bonds is 4. The molecule has 0 radical (unpaired) electrons. The Labute approximate surface area is 167 Å². The maximum atomic E-state index is 6.07. The minimum Gasteiger partial charge on any atom is -0.387 e. The molecule has 0 spiro atoms. The maximum absolute atomic E-state index is 6.07. The Hall–Kier alpha value is -2.33. The van der Waals surface area contributed by atoms with Gasteiger partial charge in [0.05, 0.1) is 29.8 Å². The minimum absolute atomic E-state index is 0. The first kappa shape index (κ1) is 19.4. The summed E-state index contributed by atoms with van der Waals surface area (Å²) < 4.78 is 0. The largest absolute Gasteiger partial charge is 0.387 e. The quantitative estimate of drug-likeness (QED) is 0.837. The Bertz CT molecular complexity index is 788. The minimum atomic E-state index is 0. The van der Waals surface area contributed by atoms with E-state index < -0.39 is 0 Å². The van der Waals surface area contributed by atoms with Crippen molar-refractivity contribution in [3.8, 4) is 0 Å². The van der Waals surface area contributed by atoms with Gasteiger partial charge in [-0.15, -0.1) is 12.4 Å². The summed E-state index contributed by atoms with van der Waals surface area (Å²) in [5.41, 5.74) is 9.60. The standard InChI is InChI=1S/C22H26N4.ClH/c23-21-14-8-7-11-19(24-21)15-18-16-26(20-12-5-2-6-13-20)25-22(18)17-9-3-1-4-10-17;/h1-6,9-10,12-13,18-19H,7-8,11,14-16H2,(H2,23,24);1H. The molecule has 0 amide bonds. The van der Waals surface area contributed by atoms with Gasteiger partial charge in [-0.3, -0.25) is 10.0 Å². The highest BCUT2D eigenvalue weighted by Crippen LogP contribution is 2.30. The summed E-state index contributed by atoms with van der Waals surface area (Å²) in [4.78, 5) is 4.79. The summed E-state index contributed by atoms with van der Waals surface area (Å²) >= 11 is 0. The van der Waals surface area contributed by atoms with Crippen molar-refractivity contribution < 1.29 is 0 Å². The number of amidine groups is 1. The third kappa shape index (κ3) is 4.69. The van der Waals surface area contributed by atoms with Gasteiger partial charge in [0.25, 0.3) is 0 Å². The molecule has 2 N–H and O–H groups in total. The van der Waals surface area contributed by atoms with Crippen LogP contribution in [0, 0.1) is 5.92 Å². The lowest BCUT2D eigenvalue weighted by Gasteiger charge is -2.19. The van der Waals surface area contributed by atoms with Crippen LogP contribution in [0.1, 0.15) is 37.7 Å².